The van der Waals surface area contributed by atoms with Gasteiger partial charge in [-0.3, -0.25) is 9.59 Å². The molecule has 0 fully saturated rings. The number of ether oxygens (including phenoxy) is 1. The molecule has 2 amide bonds. The number of hydrogen-bond acceptors (Lipinski definition) is 6. The maximum Gasteiger partial charge on any atom is 0.408 e. The van der Waals surface area contributed by atoms with E-state index in [9.17, 15) is 29.1 Å². The lowest BCUT2D eigenvalue weighted by Crippen LogP contribution is -2.43. The summed E-state index contributed by atoms with van der Waals surface area (Å²) in [6, 6.07) is 5.69. The number of aliphatic carboxylic acids is 3. The number of nitrogens with one attached hydrogen (secondary N) is 2. The van der Waals surface area contributed by atoms with Gasteiger partial charge in [-0.2, -0.15) is 0 Å². The van der Waals surface area contributed by atoms with Gasteiger partial charge in [-0.25, -0.2) is 14.4 Å². The van der Waals surface area contributed by atoms with Crippen LogP contribution in [0, 0.1) is 6.92 Å². The van der Waals surface area contributed by atoms with Gasteiger partial charge in [-0.05, 0) is 38.3 Å². The van der Waals surface area contributed by atoms with Crippen LogP contribution in [0.25, 0.3) is 0 Å². The normalized spacial score (nSPS) is 11.7. The largest absolute Gasteiger partial charge is 0.481 e. The number of hydrogen-bond donors (Lipinski definition) is 5. The van der Waals surface area contributed by atoms with Crippen molar-refractivity contribution in [1.29, 1.82) is 0 Å². The summed E-state index contributed by atoms with van der Waals surface area (Å²) in [5, 5.41) is 31.6. The Morgan fingerprint density at radius 1 is 0.909 bits per heavy atom. The van der Waals surface area contributed by atoms with Gasteiger partial charge in [0.05, 0.1) is 0 Å². The number of carboxylic acid groups (broad SMARTS) is 3. The van der Waals surface area contributed by atoms with Gasteiger partial charge in [0.1, 0.15) is 6.04 Å². The van der Waals surface area contributed by atoms with Crippen LogP contribution in [0.2, 0.25) is 0 Å². The van der Waals surface area contributed by atoms with E-state index in [-0.39, 0.29) is 12.3 Å². The number of unbranched alkanes of at least 4 members (excludes halogenated alkanes) is 1. The maximum absolute atomic E-state index is 12.0. The van der Waals surface area contributed by atoms with Gasteiger partial charge < -0.3 is 30.7 Å². The quantitative estimate of drug-likeness (QED) is 0.272. The monoisotopic (exact) mass is 468 g/mol. The maximum atomic E-state index is 12.0. The third-order valence-electron chi connectivity index (χ3n) is 4.25. The van der Waals surface area contributed by atoms with Crippen molar-refractivity contribution in [2.75, 3.05) is 6.54 Å². The highest BCUT2D eigenvalue weighted by atomic mass is 16.6. The molecule has 11 heteroatoms. The molecule has 2 atom stereocenters. The predicted molar refractivity (Wildman–Crippen MR) is 118 cm³/mol. The van der Waals surface area contributed by atoms with Crippen LogP contribution < -0.4 is 10.6 Å². The zero-order valence-corrected chi connectivity index (χ0v) is 19.0. The summed E-state index contributed by atoms with van der Waals surface area (Å²) < 4.78 is 4.63. The van der Waals surface area contributed by atoms with Crippen molar-refractivity contribution < 1.29 is 44.0 Å². The van der Waals surface area contributed by atoms with Crippen LogP contribution in [0.15, 0.2) is 24.3 Å². The van der Waals surface area contributed by atoms with E-state index in [0.29, 0.717) is 24.9 Å². The minimum absolute atomic E-state index is 0.0255. The molecule has 0 radical (unpaired) electrons. The zero-order chi connectivity index (χ0) is 25.4. The fourth-order valence-corrected chi connectivity index (χ4v) is 2.53. The molecule has 0 heterocycles. The molecule has 1 rings (SSSR count). The van der Waals surface area contributed by atoms with Gasteiger partial charge in [0.15, 0.2) is 0 Å². The fraction of sp³-hybridized carbons (Fsp3) is 0.500. The number of carbonyl (C=O) groups excluding carboxylic acids is 2. The number of benzene rings is 1. The molecular weight excluding hydrogens is 436 g/mol. The molecule has 1 unspecified atom stereocenters. The molecule has 0 saturated carbocycles. The van der Waals surface area contributed by atoms with E-state index in [1.807, 2.05) is 32.9 Å². The molecule has 11 nitrogen and oxygen atoms in total. The molecule has 0 aliphatic carbocycles. The lowest BCUT2D eigenvalue weighted by Gasteiger charge is -2.17. The zero-order valence-electron chi connectivity index (χ0n) is 19.0. The Balaban J connectivity index is 0.00000497. The predicted octanol–water partition coefficient (Wildman–Crippen LogP) is 2.42. The number of carbonyl (C=O) groups is 5. The van der Waals surface area contributed by atoms with E-state index >= 15 is 0 Å². The van der Waals surface area contributed by atoms with Crippen molar-refractivity contribution in [1.82, 2.24) is 10.6 Å². The van der Waals surface area contributed by atoms with Crippen molar-refractivity contribution in [2.24, 2.45) is 0 Å². The highest BCUT2D eigenvalue weighted by Gasteiger charge is 2.26. The van der Waals surface area contributed by atoms with E-state index < -0.39 is 49.0 Å². The Morgan fingerprint density at radius 3 is 2.03 bits per heavy atom. The van der Waals surface area contributed by atoms with E-state index in [1.165, 1.54) is 0 Å². The van der Waals surface area contributed by atoms with Crippen molar-refractivity contribution in [3.8, 4) is 0 Å². The van der Waals surface area contributed by atoms with E-state index in [0.717, 1.165) is 5.56 Å². The molecule has 1 aromatic rings. The van der Waals surface area contributed by atoms with Gasteiger partial charge >= 0.3 is 24.0 Å². The smallest absolute Gasteiger partial charge is 0.408 e. The molecular formula is C22H32N2O9. The minimum atomic E-state index is -1.71. The Bertz CT molecular complexity index is 794. The Labute approximate surface area is 192 Å². The standard InChI is InChI=1S/C20H26N2O9.C2H6/c1-12-5-7-13(8-6-12)17(25)21-11-3-2-4-14(18(26)27)22-20(30)31-15(19(28)29)9-10-16(23)24;1-2/h5-8,14-15H,2-4,9-11H2,1H3,(H,21,25)(H,22,30)(H,23,24)(H,26,27)(H,28,29);1-2H3/t14-,15?;/m0./s1. The van der Waals surface area contributed by atoms with Gasteiger partial charge in [0.2, 0.25) is 6.10 Å². The fourth-order valence-electron chi connectivity index (χ4n) is 2.53. The first-order valence-corrected chi connectivity index (χ1v) is 10.6. The molecule has 184 valence electrons. The summed E-state index contributed by atoms with van der Waals surface area (Å²) in [5.41, 5.74) is 1.54. The third kappa shape index (κ3) is 12.7. The Hall–Kier alpha value is -3.63. The van der Waals surface area contributed by atoms with Crippen molar-refractivity contribution in [2.45, 2.75) is 65.0 Å². The number of rotatable bonds is 13. The second-order valence-corrected chi connectivity index (χ2v) is 6.82. The number of aryl methyl sites for hydroxylation is 1. The lowest BCUT2D eigenvalue weighted by molar-refractivity contribution is -0.148. The van der Waals surface area contributed by atoms with Crippen LogP contribution in [-0.2, 0) is 19.1 Å². The average Bonchev–Trinajstić information content (AvgIpc) is 2.76. The van der Waals surface area contributed by atoms with Crippen LogP contribution in [0.1, 0.15) is 61.9 Å². The number of carboxylic acids is 3. The molecule has 5 N–H and O–H groups in total. The Morgan fingerprint density at radius 2 is 1.52 bits per heavy atom. The van der Waals surface area contributed by atoms with E-state index in [1.54, 1.807) is 12.1 Å². The van der Waals surface area contributed by atoms with Crippen molar-refractivity contribution >= 4 is 29.9 Å². The van der Waals surface area contributed by atoms with Crippen LogP contribution in [0.5, 0.6) is 0 Å². The summed E-state index contributed by atoms with van der Waals surface area (Å²) in [4.78, 5) is 56.7. The summed E-state index contributed by atoms with van der Waals surface area (Å²) >= 11 is 0. The van der Waals surface area contributed by atoms with Crippen LogP contribution in [-0.4, -0.2) is 63.9 Å². The van der Waals surface area contributed by atoms with Gasteiger partial charge in [0, 0.05) is 24.9 Å². The lowest BCUT2D eigenvalue weighted by atomic mass is 10.1. The molecule has 0 bridgehead atoms. The number of alkyl carbamates (subject to hydrolysis) is 1. The van der Waals surface area contributed by atoms with Gasteiger partial charge in [-0.15, -0.1) is 0 Å². The molecule has 0 spiro atoms. The van der Waals surface area contributed by atoms with Crippen molar-refractivity contribution in [3.63, 3.8) is 0 Å². The second-order valence-electron chi connectivity index (χ2n) is 6.82. The van der Waals surface area contributed by atoms with Crippen LogP contribution in [0.4, 0.5) is 4.79 Å². The minimum Gasteiger partial charge on any atom is -0.481 e. The highest BCUT2D eigenvalue weighted by molar-refractivity contribution is 5.94. The first-order chi connectivity index (χ1) is 15.6. The summed E-state index contributed by atoms with van der Waals surface area (Å²) in [7, 11) is 0. The second kappa shape index (κ2) is 16.1. The summed E-state index contributed by atoms with van der Waals surface area (Å²) in [6.07, 6.45) is -3.11. The molecule has 33 heavy (non-hydrogen) atoms. The molecule has 0 aliphatic rings. The first-order valence-electron chi connectivity index (χ1n) is 10.6. The van der Waals surface area contributed by atoms with Crippen LogP contribution in [0.3, 0.4) is 0 Å². The van der Waals surface area contributed by atoms with Crippen LogP contribution >= 0.6 is 0 Å². The molecule has 0 aliphatic heterocycles. The number of amides is 2. The van der Waals surface area contributed by atoms with Gasteiger partial charge in [0.25, 0.3) is 5.91 Å². The topological polar surface area (TPSA) is 179 Å². The highest BCUT2D eigenvalue weighted by Crippen LogP contribution is 2.07. The molecule has 0 saturated heterocycles. The third-order valence-corrected chi connectivity index (χ3v) is 4.25. The van der Waals surface area contributed by atoms with E-state index in [2.05, 4.69) is 15.4 Å². The average molecular weight is 469 g/mol. The Kier molecular flexibility index (Phi) is 14.3. The first kappa shape index (κ1) is 29.4. The summed E-state index contributed by atoms with van der Waals surface area (Å²) in [6.45, 7) is 6.21. The van der Waals surface area contributed by atoms with Crippen molar-refractivity contribution in [3.05, 3.63) is 35.4 Å². The molecule has 0 aromatic heterocycles. The summed E-state index contributed by atoms with van der Waals surface area (Å²) in [5.74, 6) is -4.38. The van der Waals surface area contributed by atoms with E-state index in [4.69, 9.17) is 10.2 Å². The SMILES string of the molecule is CC.Cc1ccc(C(=O)NCCCC[C@H](NC(=O)OC(CCC(=O)O)C(=O)O)C(=O)O)cc1. The van der Waals surface area contributed by atoms with Gasteiger partial charge in [-0.1, -0.05) is 31.5 Å². The molecule has 1 aromatic carbocycles.